The van der Waals surface area contributed by atoms with Crippen LogP contribution in [0.25, 0.3) is 0 Å². The second-order valence-electron chi connectivity index (χ2n) is 6.24. The standard InChI is InChI=1S/C19H26N6/c1-16-5-3-6-17(15-16)7-10-23-18(20-2)24-11-13-25(14-12-24)19-21-8-4-9-22-19/h3-6,8-9,15H,7,10-14H2,1-2H3,(H,20,23). The zero-order valence-corrected chi connectivity index (χ0v) is 15.0. The molecule has 132 valence electrons. The van der Waals surface area contributed by atoms with Gasteiger partial charge in [0.1, 0.15) is 0 Å². The molecule has 6 heteroatoms. The second-order valence-corrected chi connectivity index (χ2v) is 6.24. The lowest BCUT2D eigenvalue weighted by atomic mass is 10.1. The molecule has 1 aliphatic heterocycles. The first kappa shape index (κ1) is 17.2. The van der Waals surface area contributed by atoms with Crippen LogP contribution in [0.4, 0.5) is 5.95 Å². The van der Waals surface area contributed by atoms with Crippen molar-refractivity contribution in [3.05, 3.63) is 53.9 Å². The zero-order valence-electron chi connectivity index (χ0n) is 15.0. The number of nitrogens with one attached hydrogen (secondary N) is 1. The van der Waals surface area contributed by atoms with Gasteiger partial charge in [0.2, 0.25) is 5.95 Å². The predicted octanol–water partition coefficient (Wildman–Crippen LogP) is 1.73. The first-order valence-electron chi connectivity index (χ1n) is 8.79. The summed E-state index contributed by atoms with van der Waals surface area (Å²) in [5.41, 5.74) is 2.66. The minimum Gasteiger partial charge on any atom is -0.356 e. The van der Waals surface area contributed by atoms with Crippen LogP contribution in [0.3, 0.4) is 0 Å². The van der Waals surface area contributed by atoms with Crippen molar-refractivity contribution >= 4 is 11.9 Å². The normalized spacial score (nSPS) is 15.4. The molecule has 1 N–H and O–H groups in total. The average molecular weight is 338 g/mol. The first-order valence-corrected chi connectivity index (χ1v) is 8.79. The van der Waals surface area contributed by atoms with Crippen LogP contribution in [0.5, 0.6) is 0 Å². The van der Waals surface area contributed by atoms with E-state index in [1.54, 1.807) is 12.4 Å². The monoisotopic (exact) mass is 338 g/mol. The Morgan fingerprint density at radius 3 is 2.56 bits per heavy atom. The van der Waals surface area contributed by atoms with Gasteiger partial charge in [0.05, 0.1) is 0 Å². The van der Waals surface area contributed by atoms with Gasteiger partial charge in [-0.1, -0.05) is 29.8 Å². The fraction of sp³-hybridized carbons (Fsp3) is 0.421. The van der Waals surface area contributed by atoms with E-state index in [1.165, 1.54) is 11.1 Å². The summed E-state index contributed by atoms with van der Waals surface area (Å²) in [6.07, 6.45) is 4.58. The van der Waals surface area contributed by atoms with Crippen LogP contribution in [-0.4, -0.2) is 60.6 Å². The van der Waals surface area contributed by atoms with Crippen molar-refractivity contribution in [2.24, 2.45) is 4.99 Å². The van der Waals surface area contributed by atoms with Crippen molar-refractivity contribution in [2.45, 2.75) is 13.3 Å². The predicted molar refractivity (Wildman–Crippen MR) is 102 cm³/mol. The Kier molecular flexibility index (Phi) is 5.82. The molecule has 1 aliphatic rings. The van der Waals surface area contributed by atoms with Crippen molar-refractivity contribution < 1.29 is 0 Å². The SMILES string of the molecule is CN=C(NCCc1cccc(C)c1)N1CCN(c2ncccn2)CC1. The lowest BCUT2D eigenvalue weighted by Gasteiger charge is -2.36. The minimum atomic E-state index is 0.810. The fourth-order valence-electron chi connectivity index (χ4n) is 3.09. The summed E-state index contributed by atoms with van der Waals surface area (Å²) < 4.78 is 0. The zero-order chi connectivity index (χ0) is 17.5. The van der Waals surface area contributed by atoms with E-state index in [9.17, 15) is 0 Å². The summed E-state index contributed by atoms with van der Waals surface area (Å²) in [7, 11) is 1.85. The van der Waals surface area contributed by atoms with Crippen LogP contribution in [0.15, 0.2) is 47.7 Å². The average Bonchev–Trinajstić information content (AvgIpc) is 2.66. The van der Waals surface area contributed by atoms with Crippen LogP contribution < -0.4 is 10.2 Å². The van der Waals surface area contributed by atoms with Crippen molar-refractivity contribution in [3.8, 4) is 0 Å². The van der Waals surface area contributed by atoms with Gasteiger partial charge in [0, 0.05) is 52.2 Å². The maximum atomic E-state index is 4.44. The third kappa shape index (κ3) is 4.68. The van der Waals surface area contributed by atoms with Gasteiger partial charge in [0.15, 0.2) is 5.96 Å². The van der Waals surface area contributed by atoms with Gasteiger partial charge in [-0.25, -0.2) is 9.97 Å². The van der Waals surface area contributed by atoms with Crippen molar-refractivity contribution in [3.63, 3.8) is 0 Å². The number of rotatable bonds is 4. The van der Waals surface area contributed by atoms with Gasteiger partial charge in [-0.3, -0.25) is 4.99 Å². The van der Waals surface area contributed by atoms with Crippen molar-refractivity contribution in [1.82, 2.24) is 20.2 Å². The summed E-state index contributed by atoms with van der Waals surface area (Å²) in [4.78, 5) is 17.6. The Bertz CT molecular complexity index is 692. The Balaban J connectivity index is 1.48. The molecule has 25 heavy (non-hydrogen) atoms. The van der Waals surface area contributed by atoms with Gasteiger partial charge in [0.25, 0.3) is 0 Å². The Labute approximate surface area is 149 Å². The molecule has 1 aromatic heterocycles. The van der Waals surface area contributed by atoms with Gasteiger partial charge in [-0.2, -0.15) is 0 Å². The molecule has 0 spiro atoms. The topological polar surface area (TPSA) is 56.7 Å². The lowest BCUT2D eigenvalue weighted by molar-refractivity contribution is 0.370. The number of benzene rings is 1. The molecule has 0 unspecified atom stereocenters. The van der Waals surface area contributed by atoms with E-state index < -0.39 is 0 Å². The minimum absolute atomic E-state index is 0.810. The third-order valence-corrected chi connectivity index (χ3v) is 4.41. The number of guanidine groups is 1. The number of piperazine rings is 1. The molecule has 1 aromatic carbocycles. The Morgan fingerprint density at radius 2 is 1.88 bits per heavy atom. The Hall–Kier alpha value is -2.63. The number of hydrogen-bond donors (Lipinski definition) is 1. The summed E-state index contributed by atoms with van der Waals surface area (Å²) in [6.45, 7) is 6.67. The fourth-order valence-corrected chi connectivity index (χ4v) is 3.09. The highest BCUT2D eigenvalue weighted by Crippen LogP contribution is 2.10. The first-order chi connectivity index (χ1) is 12.3. The number of anilines is 1. The molecule has 6 nitrogen and oxygen atoms in total. The highest BCUT2D eigenvalue weighted by molar-refractivity contribution is 5.80. The summed E-state index contributed by atoms with van der Waals surface area (Å²) in [6, 6.07) is 10.5. The Morgan fingerprint density at radius 1 is 1.12 bits per heavy atom. The van der Waals surface area contributed by atoms with E-state index in [0.717, 1.165) is 51.1 Å². The third-order valence-electron chi connectivity index (χ3n) is 4.41. The second kappa shape index (κ2) is 8.46. The van der Waals surface area contributed by atoms with E-state index in [4.69, 9.17) is 0 Å². The van der Waals surface area contributed by atoms with E-state index in [1.807, 2.05) is 13.1 Å². The molecule has 0 aliphatic carbocycles. The van der Waals surface area contributed by atoms with E-state index >= 15 is 0 Å². The van der Waals surface area contributed by atoms with Crippen LogP contribution in [-0.2, 0) is 6.42 Å². The number of aliphatic imine (C=N–C) groups is 1. The number of hydrogen-bond acceptors (Lipinski definition) is 4. The molecular weight excluding hydrogens is 312 g/mol. The molecule has 2 aromatic rings. The van der Waals surface area contributed by atoms with Gasteiger partial charge in [-0.15, -0.1) is 0 Å². The van der Waals surface area contributed by atoms with Gasteiger partial charge in [-0.05, 0) is 25.0 Å². The summed E-state index contributed by atoms with van der Waals surface area (Å²) in [5, 5.41) is 3.49. The number of aromatic nitrogens is 2. The van der Waals surface area contributed by atoms with E-state index in [2.05, 4.69) is 61.3 Å². The molecule has 1 saturated heterocycles. The molecular formula is C19H26N6. The van der Waals surface area contributed by atoms with Gasteiger partial charge < -0.3 is 15.1 Å². The van der Waals surface area contributed by atoms with Crippen molar-refractivity contribution in [1.29, 1.82) is 0 Å². The van der Waals surface area contributed by atoms with Crippen LogP contribution >= 0.6 is 0 Å². The van der Waals surface area contributed by atoms with E-state index in [0.29, 0.717) is 0 Å². The maximum Gasteiger partial charge on any atom is 0.225 e. The summed E-state index contributed by atoms with van der Waals surface area (Å²) in [5.74, 6) is 1.78. The molecule has 0 saturated carbocycles. The summed E-state index contributed by atoms with van der Waals surface area (Å²) >= 11 is 0. The largest absolute Gasteiger partial charge is 0.356 e. The number of nitrogens with zero attached hydrogens (tertiary/aromatic N) is 5. The maximum absolute atomic E-state index is 4.44. The number of aryl methyl sites for hydroxylation is 1. The molecule has 3 rings (SSSR count). The van der Waals surface area contributed by atoms with Gasteiger partial charge >= 0.3 is 0 Å². The molecule has 0 bridgehead atoms. The smallest absolute Gasteiger partial charge is 0.225 e. The highest BCUT2D eigenvalue weighted by atomic mass is 15.4. The quantitative estimate of drug-likeness (QED) is 0.680. The van der Waals surface area contributed by atoms with Crippen LogP contribution in [0.2, 0.25) is 0 Å². The molecule has 0 atom stereocenters. The lowest BCUT2D eigenvalue weighted by Crippen LogP contribution is -2.53. The highest BCUT2D eigenvalue weighted by Gasteiger charge is 2.20. The molecule has 1 fully saturated rings. The van der Waals surface area contributed by atoms with Crippen LogP contribution in [0, 0.1) is 6.92 Å². The molecule has 0 amide bonds. The molecule has 2 heterocycles. The van der Waals surface area contributed by atoms with E-state index in [-0.39, 0.29) is 0 Å². The van der Waals surface area contributed by atoms with Crippen molar-refractivity contribution in [2.75, 3.05) is 44.7 Å². The van der Waals surface area contributed by atoms with Crippen LogP contribution in [0.1, 0.15) is 11.1 Å². The molecule has 0 radical (unpaired) electrons.